The van der Waals surface area contributed by atoms with Gasteiger partial charge in [0, 0.05) is 22.6 Å². The molecule has 0 fully saturated rings. The van der Waals surface area contributed by atoms with Crippen LogP contribution < -0.4 is 16.6 Å². The van der Waals surface area contributed by atoms with Gasteiger partial charge >= 0.3 is 0 Å². The Hall–Kier alpha value is -2.93. The Bertz CT molecular complexity index is 867. The molecule has 1 aromatic carbocycles. The number of fused-ring (bicyclic) bond motifs is 1. The van der Waals surface area contributed by atoms with E-state index in [9.17, 15) is 14.0 Å². The zero-order valence-electron chi connectivity index (χ0n) is 12.6. The summed E-state index contributed by atoms with van der Waals surface area (Å²) in [5.74, 6) is 4.03. The third kappa shape index (κ3) is 2.40. The molecule has 5 N–H and O–H groups in total. The molecule has 7 heteroatoms. The Balaban J connectivity index is 2.12. The van der Waals surface area contributed by atoms with Crippen LogP contribution in [0.5, 0.6) is 0 Å². The first-order valence-electron chi connectivity index (χ1n) is 6.95. The number of carbonyl (C=O) groups is 2. The van der Waals surface area contributed by atoms with E-state index in [1.54, 1.807) is 19.9 Å². The van der Waals surface area contributed by atoms with Crippen LogP contribution >= 0.6 is 0 Å². The quantitative estimate of drug-likeness (QED) is 0.295. The number of anilines is 1. The Morgan fingerprint density at radius 1 is 1.35 bits per heavy atom. The molecule has 3 rings (SSSR count). The summed E-state index contributed by atoms with van der Waals surface area (Å²) in [6.45, 7) is 3.49. The number of aryl methyl sites for hydroxylation is 1. The van der Waals surface area contributed by atoms with E-state index in [-0.39, 0.29) is 5.91 Å². The van der Waals surface area contributed by atoms with E-state index >= 15 is 0 Å². The summed E-state index contributed by atoms with van der Waals surface area (Å²) in [6.07, 6.45) is 1.61. The Labute approximate surface area is 131 Å². The zero-order chi connectivity index (χ0) is 16.7. The van der Waals surface area contributed by atoms with Crippen LogP contribution in [-0.4, -0.2) is 16.8 Å². The number of aromatic amines is 1. The highest BCUT2D eigenvalue weighted by Crippen LogP contribution is 2.34. The number of rotatable bonds is 2. The Morgan fingerprint density at radius 2 is 2.09 bits per heavy atom. The lowest BCUT2D eigenvalue weighted by molar-refractivity contribution is -0.110. The summed E-state index contributed by atoms with van der Waals surface area (Å²) in [5.41, 5.74) is 5.81. The van der Waals surface area contributed by atoms with E-state index in [0.717, 1.165) is 0 Å². The number of nitrogens with two attached hydrogens (primary N) is 1. The van der Waals surface area contributed by atoms with Crippen LogP contribution in [0.4, 0.5) is 10.1 Å². The van der Waals surface area contributed by atoms with E-state index < -0.39 is 11.7 Å². The van der Waals surface area contributed by atoms with Crippen molar-refractivity contribution in [2.24, 2.45) is 5.84 Å². The Morgan fingerprint density at radius 3 is 2.78 bits per heavy atom. The van der Waals surface area contributed by atoms with Crippen LogP contribution in [0.2, 0.25) is 0 Å². The minimum atomic E-state index is -0.422. The minimum Gasteiger partial charge on any atom is -0.358 e. The van der Waals surface area contributed by atoms with Crippen molar-refractivity contribution in [3.63, 3.8) is 0 Å². The fourth-order valence-electron chi connectivity index (χ4n) is 2.78. The predicted molar refractivity (Wildman–Crippen MR) is 84.8 cm³/mol. The molecule has 1 aromatic heterocycles. The molecule has 0 unspecified atom stereocenters. The molecule has 0 spiro atoms. The molecular weight excluding hydrogens is 299 g/mol. The molecule has 118 valence electrons. The van der Waals surface area contributed by atoms with Crippen molar-refractivity contribution in [1.82, 2.24) is 10.4 Å². The summed E-state index contributed by atoms with van der Waals surface area (Å²) < 4.78 is 13.5. The van der Waals surface area contributed by atoms with Crippen LogP contribution in [-0.2, 0) is 4.79 Å². The molecule has 6 nitrogen and oxygen atoms in total. The van der Waals surface area contributed by atoms with Crippen LogP contribution in [0.1, 0.15) is 32.9 Å². The van der Waals surface area contributed by atoms with Crippen molar-refractivity contribution in [2.75, 3.05) is 5.32 Å². The number of nitrogen functional groups attached to an aromatic ring is 1. The van der Waals surface area contributed by atoms with E-state index in [4.69, 9.17) is 5.84 Å². The maximum atomic E-state index is 13.5. The highest BCUT2D eigenvalue weighted by molar-refractivity contribution is 6.34. The van der Waals surface area contributed by atoms with Gasteiger partial charge in [0.15, 0.2) is 0 Å². The predicted octanol–water partition coefficient (Wildman–Crippen LogP) is 1.87. The van der Waals surface area contributed by atoms with Gasteiger partial charge in [0.1, 0.15) is 5.82 Å². The average Bonchev–Trinajstić information content (AvgIpc) is 2.96. The number of halogens is 1. The molecule has 0 bridgehead atoms. The number of H-pyrrole nitrogens is 1. The zero-order valence-corrected chi connectivity index (χ0v) is 12.6. The van der Waals surface area contributed by atoms with E-state index in [0.29, 0.717) is 39.3 Å². The van der Waals surface area contributed by atoms with Gasteiger partial charge in [0.25, 0.3) is 11.8 Å². The van der Waals surface area contributed by atoms with Gasteiger partial charge in [-0.15, -0.1) is 0 Å². The van der Waals surface area contributed by atoms with Gasteiger partial charge < -0.3 is 10.3 Å². The van der Waals surface area contributed by atoms with Gasteiger partial charge in [-0.3, -0.25) is 15.0 Å². The fourth-order valence-corrected chi connectivity index (χ4v) is 2.78. The molecule has 0 atom stereocenters. The monoisotopic (exact) mass is 314 g/mol. The summed E-state index contributed by atoms with van der Waals surface area (Å²) >= 11 is 0. The van der Waals surface area contributed by atoms with E-state index in [1.165, 1.54) is 18.2 Å². The molecule has 0 aliphatic carbocycles. The normalized spacial score (nSPS) is 14.8. The second kappa shape index (κ2) is 5.36. The lowest BCUT2D eigenvalue weighted by Crippen LogP contribution is -2.30. The molecule has 0 saturated carbocycles. The third-order valence-electron chi connectivity index (χ3n) is 3.89. The molecule has 2 heterocycles. The molecule has 1 aliphatic heterocycles. The first kappa shape index (κ1) is 15.0. The first-order valence-corrected chi connectivity index (χ1v) is 6.95. The van der Waals surface area contributed by atoms with Crippen LogP contribution in [0.25, 0.3) is 11.6 Å². The standard InChI is InChI=1S/C16H15FN4O2/c1-7-13(19-8(2)14(7)16(23)21-18)6-11-10-5-9(17)3-4-12(10)20-15(11)22/h3-6,19H,18H2,1-2H3,(H,20,22)(H,21,23)/b11-6+. The lowest BCUT2D eigenvalue weighted by atomic mass is 10.0. The van der Waals surface area contributed by atoms with Gasteiger partial charge in [-0.2, -0.15) is 0 Å². The largest absolute Gasteiger partial charge is 0.358 e. The summed E-state index contributed by atoms with van der Waals surface area (Å²) in [7, 11) is 0. The van der Waals surface area contributed by atoms with Crippen molar-refractivity contribution in [3.05, 3.63) is 52.1 Å². The number of carbonyl (C=O) groups excluding carboxylic acids is 2. The van der Waals surface area contributed by atoms with E-state index in [1.807, 2.05) is 0 Å². The molecule has 23 heavy (non-hydrogen) atoms. The summed E-state index contributed by atoms with van der Waals surface area (Å²) in [5, 5.41) is 2.68. The number of hydrogen-bond acceptors (Lipinski definition) is 3. The number of nitrogens with one attached hydrogen (secondary N) is 3. The van der Waals surface area contributed by atoms with Crippen molar-refractivity contribution < 1.29 is 14.0 Å². The van der Waals surface area contributed by atoms with Gasteiger partial charge in [-0.05, 0) is 43.7 Å². The molecule has 2 amide bonds. The number of hydrazine groups is 1. The summed E-state index contributed by atoms with van der Waals surface area (Å²) in [6, 6.07) is 4.11. The maximum Gasteiger partial charge on any atom is 0.267 e. The third-order valence-corrected chi connectivity index (χ3v) is 3.89. The van der Waals surface area contributed by atoms with Gasteiger partial charge in [-0.25, -0.2) is 10.2 Å². The van der Waals surface area contributed by atoms with Crippen molar-refractivity contribution in [1.29, 1.82) is 0 Å². The van der Waals surface area contributed by atoms with Crippen LogP contribution in [0, 0.1) is 19.7 Å². The van der Waals surface area contributed by atoms with Crippen molar-refractivity contribution >= 4 is 29.2 Å². The number of aromatic nitrogens is 1. The van der Waals surface area contributed by atoms with Crippen molar-refractivity contribution in [2.45, 2.75) is 13.8 Å². The van der Waals surface area contributed by atoms with Crippen LogP contribution in [0.15, 0.2) is 18.2 Å². The van der Waals surface area contributed by atoms with Crippen molar-refractivity contribution in [3.8, 4) is 0 Å². The maximum absolute atomic E-state index is 13.5. The molecule has 0 radical (unpaired) electrons. The number of benzene rings is 1. The molecule has 1 aliphatic rings. The fraction of sp³-hybridized carbons (Fsp3) is 0.125. The minimum absolute atomic E-state index is 0.318. The smallest absolute Gasteiger partial charge is 0.267 e. The highest BCUT2D eigenvalue weighted by atomic mass is 19.1. The van der Waals surface area contributed by atoms with Crippen LogP contribution in [0.3, 0.4) is 0 Å². The van der Waals surface area contributed by atoms with Gasteiger partial charge in [-0.1, -0.05) is 0 Å². The average molecular weight is 314 g/mol. The summed E-state index contributed by atoms with van der Waals surface area (Å²) in [4.78, 5) is 27.0. The van der Waals surface area contributed by atoms with Gasteiger partial charge in [0.05, 0.1) is 11.1 Å². The van der Waals surface area contributed by atoms with E-state index in [2.05, 4.69) is 15.7 Å². The number of amides is 2. The lowest BCUT2D eigenvalue weighted by Gasteiger charge is -2.00. The topological polar surface area (TPSA) is 100 Å². The second-order valence-corrected chi connectivity index (χ2v) is 5.34. The molecule has 0 saturated heterocycles. The second-order valence-electron chi connectivity index (χ2n) is 5.34. The molecule has 2 aromatic rings. The van der Waals surface area contributed by atoms with Gasteiger partial charge in [0.2, 0.25) is 0 Å². The highest BCUT2D eigenvalue weighted by Gasteiger charge is 2.25. The SMILES string of the molecule is Cc1[nH]c(/C=C2/C(=O)Nc3ccc(F)cc32)c(C)c1C(=O)NN. The number of hydrogen-bond donors (Lipinski definition) is 4. The first-order chi connectivity index (χ1) is 10.9. The Kier molecular flexibility index (Phi) is 3.49. The molecular formula is C16H15FN4O2.